The maximum Gasteiger partial charge on any atom is 0.257 e. The molecule has 0 aliphatic heterocycles. The quantitative estimate of drug-likeness (QED) is 0.611. The summed E-state index contributed by atoms with van der Waals surface area (Å²) >= 11 is 11.9. The molecule has 0 atom stereocenters. The highest BCUT2D eigenvalue weighted by Crippen LogP contribution is 2.27. The van der Waals surface area contributed by atoms with Gasteiger partial charge in [-0.3, -0.25) is 4.79 Å². The number of imidazole rings is 1. The lowest BCUT2D eigenvalue weighted by molar-refractivity contribution is -0.123. The van der Waals surface area contributed by atoms with E-state index in [2.05, 4.69) is 15.3 Å². The van der Waals surface area contributed by atoms with Gasteiger partial charge in [-0.2, -0.15) is 0 Å². The first-order chi connectivity index (χ1) is 12.1. The Morgan fingerprint density at radius 2 is 2.04 bits per heavy atom. The molecule has 3 rings (SSSR count). The molecule has 3 aromatic rings. The van der Waals surface area contributed by atoms with E-state index in [9.17, 15) is 4.79 Å². The molecule has 1 amide bonds. The number of fused-ring (bicyclic) bond motifs is 1. The third-order valence-electron chi connectivity index (χ3n) is 3.60. The molecule has 0 radical (unpaired) electrons. The van der Waals surface area contributed by atoms with Crippen molar-refractivity contribution in [2.75, 3.05) is 13.2 Å². The molecule has 0 unspecified atom stereocenters. The standard InChI is InChI=1S/C18H17Cl2N3O2/c19-12-7-8-13(20)16(10-12)25-11-18(24)21-9-3-6-17-22-14-4-1-2-5-15(14)23-17/h1-2,4-5,7-8,10H,3,6,9,11H2,(H,21,24)(H,22,23). The van der Waals surface area contributed by atoms with Crippen molar-refractivity contribution < 1.29 is 9.53 Å². The van der Waals surface area contributed by atoms with Gasteiger partial charge in [-0.15, -0.1) is 0 Å². The Labute approximate surface area is 155 Å². The molecule has 0 saturated heterocycles. The van der Waals surface area contributed by atoms with Gasteiger partial charge in [-0.1, -0.05) is 35.3 Å². The van der Waals surface area contributed by atoms with Crippen LogP contribution in [-0.2, 0) is 11.2 Å². The zero-order chi connectivity index (χ0) is 17.6. The molecule has 0 aliphatic rings. The molecule has 0 bridgehead atoms. The van der Waals surface area contributed by atoms with Gasteiger partial charge in [-0.05, 0) is 30.7 Å². The number of nitrogens with one attached hydrogen (secondary N) is 2. The van der Waals surface area contributed by atoms with Crippen LogP contribution in [0.25, 0.3) is 11.0 Å². The molecule has 1 aromatic heterocycles. The Morgan fingerprint density at radius 3 is 2.88 bits per heavy atom. The van der Waals surface area contributed by atoms with E-state index in [1.54, 1.807) is 18.2 Å². The van der Waals surface area contributed by atoms with Crippen LogP contribution in [0.4, 0.5) is 0 Å². The minimum absolute atomic E-state index is 0.106. The van der Waals surface area contributed by atoms with Crippen molar-refractivity contribution in [1.29, 1.82) is 0 Å². The zero-order valence-corrected chi connectivity index (χ0v) is 14.9. The molecule has 0 saturated carbocycles. The molecule has 0 spiro atoms. The van der Waals surface area contributed by atoms with Crippen LogP contribution in [0.15, 0.2) is 42.5 Å². The van der Waals surface area contributed by atoms with Crippen molar-refractivity contribution in [2.24, 2.45) is 0 Å². The number of H-pyrrole nitrogens is 1. The highest BCUT2D eigenvalue weighted by molar-refractivity contribution is 6.34. The minimum atomic E-state index is -0.208. The van der Waals surface area contributed by atoms with Crippen LogP contribution in [0.3, 0.4) is 0 Å². The average molecular weight is 378 g/mol. The second kappa shape index (κ2) is 8.23. The van der Waals surface area contributed by atoms with Gasteiger partial charge in [0.25, 0.3) is 5.91 Å². The van der Waals surface area contributed by atoms with Crippen LogP contribution >= 0.6 is 23.2 Å². The van der Waals surface area contributed by atoms with Crippen molar-refractivity contribution in [3.8, 4) is 5.75 Å². The van der Waals surface area contributed by atoms with Gasteiger partial charge >= 0.3 is 0 Å². The van der Waals surface area contributed by atoms with Crippen LogP contribution in [0.5, 0.6) is 5.75 Å². The summed E-state index contributed by atoms with van der Waals surface area (Å²) in [6.45, 7) is 0.438. The van der Waals surface area contributed by atoms with Gasteiger partial charge in [0.15, 0.2) is 6.61 Å². The Hall–Kier alpha value is -2.24. The van der Waals surface area contributed by atoms with Gasteiger partial charge in [0.2, 0.25) is 0 Å². The van der Waals surface area contributed by atoms with Gasteiger partial charge in [0.05, 0.1) is 16.1 Å². The summed E-state index contributed by atoms with van der Waals surface area (Å²) in [5, 5.41) is 3.73. The fourth-order valence-corrected chi connectivity index (χ4v) is 2.72. The van der Waals surface area contributed by atoms with Crippen molar-refractivity contribution in [3.63, 3.8) is 0 Å². The van der Waals surface area contributed by atoms with Crippen molar-refractivity contribution >= 4 is 40.1 Å². The van der Waals surface area contributed by atoms with Gasteiger partial charge in [-0.25, -0.2) is 4.98 Å². The number of carbonyl (C=O) groups is 1. The summed E-state index contributed by atoms with van der Waals surface area (Å²) in [6, 6.07) is 12.8. The molecule has 130 valence electrons. The number of amides is 1. The van der Waals surface area contributed by atoms with Crippen LogP contribution in [0.2, 0.25) is 10.0 Å². The van der Waals surface area contributed by atoms with E-state index >= 15 is 0 Å². The number of benzene rings is 2. The minimum Gasteiger partial charge on any atom is -0.482 e. The van der Waals surface area contributed by atoms with Gasteiger partial charge < -0.3 is 15.0 Å². The third-order valence-corrected chi connectivity index (χ3v) is 4.15. The first-order valence-electron chi connectivity index (χ1n) is 7.90. The molecule has 5 nitrogen and oxygen atoms in total. The SMILES string of the molecule is O=C(COc1cc(Cl)ccc1Cl)NCCCc1nc2ccccc2[nH]1. The number of hydrogen-bond donors (Lipinski definition) is 2. The molecule has 0 aliphatic carbocycles. The maximum absolute atomic E-state index is 11.8. The lowest BCUT2D eigenvalue weighted by atomic mass is 10.3. The second-order valence-electron chi connectivity index (χ2n) is 5.52. The van der Waals surface area contributed by atoms with E-state index in [1.807, 2.05) is 24.3 Å². The summed E-state index contributed by atoms with van der Waals surface area (Å²) in [5.74, 6) is 1.10. The molecular formula is C18H17Cl2N3O2. The first kappa shape index (κ1) is 17.6. The lowest BCUT2D eigenvalue weighted by Gasteiger charge is -2.08. The normalized spacial score (nSPS) is 10.8. The summed E-state index contributed by atoms with van der Waals surface area (Å²) in [7, 11) is 0. The molecule has 2 N–H and O–H groups in total. The smallest absolute Gasteiger partial charge is 0.257 e. The Kier molecular flexibility index (Phi) is 5.79. The molecule has 25 heavy (non-hydrogen) atoms. The van der Waals surface area contributed by atoms with E-state index in [-0.39, 0.29) is 12.5 Å². The Bertz CT molecular complexity index is 847. The summed E-state index contributed by atoms with van der Waals surface area (Å²) in [5.41, 5.74) is 1.97. The number of rotatable bonds is 7. The molecule has 0 fully saturated rings. The van der Waals surface area contributed by atoms with Crippen molar-refractivity contribution in [2.45, 2.75) is 12.8 Å². The van der Waals surface area contributed by atoms with Crippen LogP contribution in [0.1, 0.15) is 12.2 Å². The Balaban J connectivity index is 1.39. The van der Waals surface area contributed by atoms with E-state index in [4.69, 9.17) is 27.9 Å². The average Bonchev–Trinajstić information content (AvgIpc) is 3.02. The Morgan fingerprint density at radius 1 is 1.20 bits per heavy atom. The number of para-hydroxylation sites is 2. The van der Waals surface area contributed by atoms with E-state index in [0.29, 0.717) is 22.3 Å². The van der Waals surface area contributed by atoms with E-state index in [1.165, 1.54) is 0 Å². The van der Waals surface area contributed by atoms with Gasteiger partial charge in [0.1, 0.15) is 11.6 Å². The number of aromatic amines is 1. The van der Waals surface area contributed by atoms with Crippen LogP contribution in [-0.4, -0.2) is 29.0 Å². The number of nitrogens with zero attached hydrogens (tertiary/aromatic N) is 1. The number of ether oxygens (including phenoxy) is 1. The number of halogens is 2. The lowest BCUT2D eigenvalue weighted by Crippen LogP contribution is -2.30. The fraction of sp³-hybridized carbons (Fsp3) is 0.222. The topological polar surface area (TPSA) is 67.0 Å². The number of carbonyl (C=O) groups excluding carboxylic acids is 1. The summed E-state index contributed by atoms with van der Waals surface area (Å²) in [4.78, 5) is 19.6. The van der Waals surface area contributed by atoms with E-state index in [0.717, 1.165) is 29.7 Å². The van der Waals surface area contributed by atoms with Crippen molar-refractivity contribution in [1.82, 2.24) is 15.3 Å². The molecular weight excluding hydrogens is 361 g/mol. The third kappa shape index (κ3) is 4.87. The number of aromatic nitrogens is 2. The second-order valence-corrected chi connectivity index (χ2v) is 6.36. The van der Waals surface area contributed by atoms with Crippen LogP contribution < -0.4 is 10.1 Å². The summed E-state index contributed by atoms with van der Waals surface area (Å²) in [6.07, 6.45) is 1.54. The number of hydrogen-bond acceptors (Lipinski definition) is 3. The monoisotopic (exact) mass is 377 g/mol. The summed E-state index contributed by atoms with van der Waals surface area (Å²) < 4.78 is 5.39. The molecule has 1 heterocycles. The van der Waals surface area contributed by atoms with Gasteiger partial charge in [0, 0.05) is 24.1 Å². The van der Waals surface area contributed by atoms with E-state index < -0.39 is 0 Å². The van der Waals surface area contributed by atoms with Crippen LogP contribution in [0, 0.1) is 0 Å². The highest BCUT2D eigenvalue weighted by Gasteiger charge is 2.07. The first-order valence-corrected chi connectivity index (χ1v) is 8.65. The zero-order valence-electron chi connectivity index (χ0n) is 13.4. The highest BCUT2D eigenvalue weighted by atomic mass is 35.5. The fourth-order valence-electron chi connectivity index (χ4n) is 2.39. The maximum atomic E-state index is 11.8. The number of aryl methyl sites for hydroxylation is 1. The predicted octanol–water partition coefficient (Wildman–Crippen LogP) is 4.00. The molecule has 2 aromatic carbocycles. The molecule has 7 heteroatoms. The predicted molar refractivity (Wildman–Crippen MR) is 99.4 cm³/mol. The largest absolute Gasteiger partial charge is 0.482 e. The van der Waals surface area contributed by atoms with Crippen molar-refractivity contribution in [3.05, 3.63) is 58.3 Å².